The minimum Gasteiger partial charge on any atom is -0.453 e. The molecule has 4 fully saturated rings. The Hall–Kier alpha value is -6.17. The Morgan fingerprint density at radius 3 is 2.52 bits per heavy atom. The number of amides is 3. The monoisotopic (exact) mass is 869 g/mol. The smallest absolute Gasteiger partial charge is 0.329 e. The number of nitriles is 1. The van der Waals surface area contributed by atoms with Crippen molar-refractivity contribution in [2.24, 2.45) is 12.5 Å². The van der Waals surface area contributed by atoms with Crippen molar-refractivity contribution in [3.8, 4) is 17.6 Å². The molecule has 2 N–H and O–H groups in total. The number of urea groups is 1. The van der Waals surface area contributed by atoms with E-state index in [-0.39, 0.29) is 64.8 Å². The summed E-state index contributed by atoms with van der Waals surface area (Å²) in [5.74, 6) is -1.71. The molecule has 5 aromatic rings. The molecule has 20 heteroatoms. The van der Waals surface area contributed by atoms with Crippen LogP contribution in [0.5, 0.6) is 11.5 Å². The molecule has 1 aliphatic carbocycles. The summed E-state index contributed by atoms with van der Waals surface area (Å²) in [5, 5.41) is 17.5. The maximum atomic E-state index is 15.8. The van der Waals surface area contributed by atoms with E-state index >= 15 is 8.78 Å². The maximum absolute atomic E-state index is 15.8. The summed E-state index contributed by atoms with van der Waals surface area (Å²) in [6.07, 6.45) is 6.07. The van der Waals surface area contributed by atoms with Gasteiger partial charge in [-0.05, 0) is 86.5 Å². The van der Waals surface area contributed by atoms with Gasteiger partial charge < -0.3 is 9.64 Å². The number of ether oxygens (including phenoxy) is 1. The van der Waals surface area contributed by atoms with Crippen LogP contribution in [0.4, 0.5) is 30.8 Å². The summed E-state index contributed by atoms with van der Waals surface area (Å²) in [6.45, 7) is 5.19. The van der Waals surface area contributed by atoms with Crippen LogP contribution in [-0.2, 0) is 22.1 Å². The zero-order chi connectivity index (χ0) is 43.7. The van der Waals surface area contributed by atoms with Gasteiger partial charge in [0.15, 0.2) is 17.4 Å². The van der Waals surface area contributed by atoms with Gasteiger partial charge in [0.25, 0.3) is 5.56 Å². The van der Waals surface area contributed by atoms with E-state index in [4.69, 9.17) is 4.74 Å². The number of carbonyl (C=O) groups excluding carboxylic acids is 2. The standard InChI is InChI=1S/C42H45F2N11O6S/c1-4-50(2)62(59,60)49-34-8-6-31(43)38(30(34)22-45)61-27-5-7-33-28(17-27)40(57)55(24-46-33)26-20-42(21-26)12-16-53(23-42)25-9-13-52(14-10-25)36-19-35-29(18-32(36)44)39(48-51(35)3)54-15-11-37(56)47-41(54)58/h5-8,17-19,24-26,49H,4,9-16,20-21,23H2,1-3H3,(H,47,56,58). The highest BCUT2D eigenvalue weighted by Gasteiger charge is 2.50. The molecule has 2 aromatic heterocycles. The van der Waals surface area contributed by atoms with Gasteiger partial charge in [-0.15, -0.1) is 0 Å². The SMILES string of the molecule is CCN(C)S(=O)(=O)Nc1ccc(F)c(Oc2ccc3ncn(C4CC5(CCN(C6CCN(c7cc8c(cc7F)c(N7CCC(=O)NC7=O)nn8C)CC6)C5)C4)c(=O)c3c2)c1C#N. The number of carbonyl (C=O) groups is 2. The van der Waals surface area contributed by atoms with Crippen molar-refractivity contribution < 1.29 is 31.5 Å². The van der Waals surface area contributed by atoms with Gasteiger partial charge in [0.05, 0.1) is 34.1 Å². The summed E-state index contributed by atoms with van der Waals surface area (Å²) in [4.78, 5) is 48.6. The summed E-state index contributed by atoms with van der Waals surface area (Å²) in [7, 11) is -0.898. The van der Waals surface area contributed by atoms with Gasteiger partial charge in [-0.1, -0.05) is 6.92 Å². The molecule has 0 radical (unpaired) electrons. The highest BCUT2D eigenvalue weighted by molar-refractivity contribution is 7.90. The Kier molecular flexibility index (Phi) is 10.4. The molecular weight excluding hydrogens is 825 g/mol. The quantitative estimate of drug-likeness (QED) is 0.193. The number of nitrogens with zero attached hydrogens (tertiary/aromatic N) is 9. The van der Waals surface area contributed by atoms with E-state index in [9.17, 15) is 28.1 Å². The minimum atomic E-state index is -4.02. The maximum Gasteiger partial charge on any atom is 0.329 e. The van der Waals surface area contributed by atoms with Crippen LogP contribution >= 0.6 is 0 Å². The van der Waals surface area contributed by atoms with Gasteiger partial charge in [0, 0.05) is 70.7 Å². The zero-order valence-electron chi connectivity index (χ0n) is 34.4. The van der Waals surface area contributed by atoms with E-state index in [0.29, 0.717) is 47.1 Å². The largest absolute Gasteiger partial charge is 0.453 e. The van der Waals surface area contributed by atoms with E-state index in [1.54, 1.807) is 41.7 Å². The number of piperidine rings is 1. The van der Waals surface area contributed by atoms with Crippen molar-refractivity contribution >= 4 is 61.1 Å². The van der Waals surface area contributed by atoms with E-state index in [2.05, 4.69) is 29.9 Å². The average Bonchev–Trinajstić information content (AvgIpc) is 3.83. The van der Waals surface area contributed by atoms with Gasteiger partial charge >= 0.3 is 16.2 Å². The van der Waals surface area contributed by atoms with E-state index in [1.165, 1.54) is 30.1 Å². The number of benzene rings is 3. The molecule has 3 aromatic carbocycles. The number of nitrogens with one attached hydrogen (secondary N) is 2. The molecule has 9 rings (SSSR count). The van der Waals surface area contributed by atoms with Gasteiger partial charge in [-0.3, -0.25) is 38.7 Å². The Balaban J connectivity index is 0.843. The lowest BCUT2D eigenvalue weighted by molar-refractivity contribution is -0.120. The Morgan fingerprint density at radius 2 is 1.79 bits per heavy atom. The van der Waals surface area contributed by atoms with Gasteiger partial charge in [0.1, 0.15) is 23.2 Å². The third-order valence-corrected chi connectivity index (χ3v) is 14.6. The van der Waals surface area contributed by atoms with Crippen molar-refractivity contribution in [2.75, 3.05) is 60.8 Å². The van der Waals surface area contributed by atoms with Crippen LogP contribution in [0.3, 0.4) is 0 Å². The Bertz CT molecular complexity index is 2870. The molecule has 0 unspecified atom stereocenters. The third-order valence-electron chi connectivity index (χ3n) is 13.0. The second-order valence-electron chi connectivity index (χ2n) is 16.7. The summed E-state index contributed by atoms with van der Waals surface area (Å²) in [5.41, 5.74) is 0.899. The highest BCUT2D eigenvalue weighted by Crippen LogP contribution is 2.54. The molecule has 3 aliphatic heterocycles. The highest BCUT2D eigenvalue weighted by atomic mass is 32.2. The molecule has 1 spiro atoms. The fourth-order valence-electron chi connectivity index (χ4n) is 9.47. The minimum absolute atomic E-state index is 0.0587. The fraction of sp³-hybridized carbons (Fsp3) is 0.429. The number of likely N-dealkylation sites (tertiary alicyclic amines) is 1. The molecule has 5 heterocycles. The predicted molar refractivity (Wildman–Crippen MR) is 226 cm³/mol. The second-order valence-corrected chi connectivity index (χ2v) is 18.5. The van der Waals surface area contributed by atoms with Gasteiger partial charge in [-0.25, -0.2) is 18.6 Å². The van der Waals surface area contributed by atoms with Crippen LogP contribution < -0.4 is 30.1 Å². The first-order valence-electron chi connectivity index (χ1n) is 20.6. The number of rotatable bonds is 10. The molecule has 0 atom stereocenters. The molecule has 0 bridgehead atoms. The molecule has 4 aliphatic rings. The van der Waals surface area contributed by atoms with E-state index < -0.39 is 33.6 Å². The average molecular weight is 870 g/mol. The molecule has 3 amide bonds. The molecule has 1 saturated carbocycles. The second kappa shape index (κ2) is 15.6. The number of imide groups is 1. The fourth-order valence-corrected chi connectivity index (χ4v) is 10.4. The Labute approximate surface area is 355 Å². The number of hydrogen-bond acceptors (Lipinski definition) is 11. The number of halogens is 2. The van der Waals surface area contributed by atoms with Crippen molar-refractivity contribution in [2.45, 2.75) is 57.5 Å². The topological polar surface area (TPSA) is 191 Å². The van der Waals surface area contributed by atoms with Crippen LogP contribution in [0.15, 0.2) is 53.6 Å². The number of aromatic nitrogens is 4. The Morgan fingerprint density at radius 1 is 1.02 bits per heavy atom. The van der Waals surface area contributed by atoms with Gasteiger partial charge in [0.2, 0.25) is 5.91 Å². The van der Waals surface area contributed by atoms with Crippen LogP contribution in [-0.4, -0.2) is 101 Å². The van der Waals surface area contributed by atoms with Crippen LogP contribution in [0.2, 0.25) is 0 Å². The van der Waals surface area contributed by atoms with Crippen LogP contribution in [0.25, 0.3) is 21.8 Å². The third kappa shape index (κ3) is 7.26. The lowest BCUT2D eigenvalue weighted by Crippen LogP contribution is -2.49. The van der Waals surface area contributed by atoms with E-state index in [1.807, 2.05) is 6.07 Å². The zero-order valence-corrected chi connectivity index (χ0v) is 35.2. The lowest BCUT2D eigenvalue weighted by Gasteiger charge is -2.46. The number of hydrogen-bond donors (Lipinski definition) is 2. The molecular formula is C42H45F2N11O6S. The van der Waals surface area contributed by atoms with Crippen LogP contribution in [0, 0.1) is 28.4 Å². The lowest BCUT2D eigenvalue weighted by atomic mass is 9.65. The van der Waals surface area contributed by atoms with Crippen molar-refractivity contribution in [3.63, 3.8) is 0 Å². The first-order chi connectivity index (χ1) is 29.7. The molecule has 324 valence electrons. The van der Waals surface area contributed by atoms with Crippen molar-refractivity contribution in [1.29, 1.82) is 5.26 Å². The summed E-state index contributed by atoms with van der Waals surface area (Å²) in [6, 6.07) is 11.5. The number of anilines is 3. The number of fused-ring (bicyclic) bond motifs is 2. The van der Waals surface area contributed by atoms with Crippen molar-refractivity contribution in [1.82, 2.24) is 33.9 Å². The summed E-state index contributed by atoms with van der Waals surface area (Å²) < 4.78 is 68.7. The first-order valence-corrected chi connectivity index (χ1v) is 22.0. The normalized spacial score (nSPS) is 21.2. The summed E-state index contributed by atoms with van der Waals surface area (Å²) >= 11 is 0. The van der Waals surface area contributed by atoms with E-state index in [0.717, 1.165) is 61.6 Å². The van der Waals surface area contributed by atoms with Crippen LogP contribution in [0.1, 0.15) is 57.1 Å². The van der Waals surface area contributed by atoms with Gasteiger partial charge in [-0.2, -0.15) is 23.1 Å². The first kappa shape index (κ1) is 41.2. The molecule has 62 heavy (non-hydrogen) atoms. The molecule has 3 saturated heterocycles. The number of aryl methyl sites for hydroxylation is 1. The van der Waals surface area contributed by atoms with Crippen molar-refractivity contribution in [3.05, 3.63) is 76.3 Å². The molecule has 17 nitrogen and oxygen atoms in total. The predicted octanol–water partition coefficient (Wildman–Crippen LogP) is 4.98.